The minimum absolute atomic E-state index is 0.777. The van der Waals surface area contributed by atoms with Crippen molar-refractivity contribution < 1.29 is 43.9 Å². The Hall–Kier alpha value is -2.87. The van der Waals surface area contributed by atoms with E-state index >= 15 is 0 Å². The topological polar surface area (TPSA) is 0 Å². The summed E-state index contributed by atoms with van der Waals surface area (Å²) in [5.41, 5.74) is 0. The van der Waals surface area contributed by atoms with E-state index in [-0.39, 0.29) is 0 Å². The van der Waals surface area contributed by atoms with Crippen LogP contribution < -0.4 is 19.5 Å². The zero-order chi connectivity index (χ0) is 26.6. The van der Waals surface area contributed by atoms with Crippen LogP contribution in [0.2, 0.25) is 0 Å². The Kier molecular flexibility index (Phi) is 9.17. The molecule has 4 rings (SSSR count). The smallest absolute Gasteiger partial charge is 0.0226 e. The van der Waals surface area contributed by atoms with E-state index in [9.17, 15) is 43.9 Å². The summed E-state index contributed by atoms with van der Waals surface area (Å²) in [7, 11) is 0.777. The number of hydrogen-bond donors (Lipinski definition) is 0. The van der Waals surface area contributed by atoms with E-state index in [1.807, 2.05) is 0 Å². The van der Waals surface area contributed by atoms with Crippen molar-refractivity contribution in [2.45, 2.75) is 0 Å². The molecule has 0 nitrogen and oxygen atoms in total. The fourth-order valence-corrected chi connectivity index (χ4v) is 5.64. The first-order chi connectivity index (χ1) is 17.0. The predicted octanol–water partition coefficient (Wildman–Crippen LogP) is 5.05. The van der Waals surface area contributed by atoms with Crippen LogP contribution in [0.1, 0.15) is 0 Å². The van der Waals surface area contributed by atoms with Gasteiger partial charge in [-0.25, -0.2) is 0 Å². The van der Waals surface area contributed by atoms with Crippen molar-refractivity contribution in [1.82, 2.24) is 0 Å². The molecule has 0 atom stereocenters. The van der Waals surface area contributed by atoms with Crippen molar-refractivity contribution in [3.63, 3.8) is 0 Å². The first kappa shape index (κ1) is 27.7. The average Bonchev–Trinajstić information content (AvgIpc) is 2.90. The molecule has 36 heavy (non-hydrogen) atoms. The molecule has 0 spiro atoms. The van der Waals surface area contributed by atoms with Gasteiger partial charge in [0, 0.05) is 0 Å². The van der Waals surface area contributed by atoms with Crippen LogP contribution in [0, 0.1) is 58.2 Å². The van der Waals surface area contributed by atoms with Crippen LogP contribution in [0.5, 0.6) is 0 Å². The van der Waals surface area contributed by atoms with E-state index in [2.05, 4.69) is 60.7 Å². The van der Waals surface area contributed by atoms with Crippen LogP contribution >= 0.6 is 8.58 Å². The third-order valence-corrected chi connectivity index (χ3v) is 7.98. The van der Waals surface area contributed by atoms with Crippen LogP contribution in [0.25, 0.3) is 0 Å². The molecule has 0 unspecified atom stereocenters. The van der Waals surface area contributed by atoms with Gasteiger partial charge in [-0.05, 0) is 10.6 Å². The van der Waals surface area contributed by atoms with Crippen LogP contribution in [0.4, 0.5) is 43.9 Å². The van der Waals surface area contributed by atoms with E-state index in [0.717, 1.165) is 8.58 Å². The van der Waals surface area contributed by atoms with Crippen molar-refractivity contribution >= 4 is 43.1 Å². The number of hydrogen-bond acceptors (Lipinski definition) is 0. The van der Waals surface area contributed by atoms with E-state index in [0.29, 0.717) is 0 Å². The Morgan fingerprint density at radius 3 is 0.889 bits per heavy atom. The molecule has 0 aliphatic carbocycles. The van der Waals surface area contributed by atoms with Crippen LogP contribution in [-0.4, -0.2) is 15.0 Å². The maximum atomic E-state index is 13.4. The molecule has 0 amide bonds. The summed E-state index contributed by atoms with van der Waals surface area (Å²) in [5.74, 6) is -24.3. The second-order valence-corrected chi connectivity index (χ2v) is 10.3. The number of rotatable bonds is 4. The fourth-order valence-electron chi connectivity index (χ4n) is 2.66. The Balaban J connectivity index is 0.000000233. The quantitative estimate of drug-likeness (QED) is 0.101. The van der Waals surface area contributed by atoms with Crippen molar-refractivity contribution in [2.24, 2.45) is 0 Å². The SMILES string of the molecule is Fc1c(F)c(F)c([Se]c2c(F)c(F)c(F)c(F)c2F)c(F)c1F.c1ccc(Pc2ccccc2)cc1. The summed E-state index contributed by atoms with van der Waals surface area (Å²) < 4.78 is 128. The summed E-state index contributed by atoms with van der Waals surface area (Å²) in [5, 5.41) is 2.79. The Labute approximate surface area is 205 Å². The molecule has 0 bridgehead atoms. The van der Waals surface area contributed by atoms with Crippen LogP contribution in [-0.2, 0) is 0 Å². The van der Waals surface area contributed by atoms with Crippen molar-refractivity contribution in [3.05, 3.63) is 119 Å². The molecule has 188 valence electrons. The van der Waals surface area contributed by atoms with Gasteiger partial charge in [0.25, 0.3) is 0 Å². The van der Waals surface area contributed by atoms with Gasteiger partial charge in [-0.1, -0.05) is 69.2 Å². The fraction of sp³-hybridized carbons (Fsp3) is 0. The maximum Gasteiger partial charge on any atom is -0.0226 e. The minimum atomic E-state index is -2.52. The van der Waals surface area contributed by atoms with Crippen molar-refractivity contribution in [1.29, 1.82) is 0 Å². The van der Waals surface area contributed by atoms with Crippen molar-refractivity contribution in [2.75, 3.05) is 0 Å². The Morgan fingerprint density at radius 2 is 0.611 bits per heavy atom. The van der Waals surface area contributed by atoms with E-state index < -0.39 is 82.1 Å². The second kappa shape index (κ2) is 11.9. The molecule has 0 aromatic heterocycles. The third kappa shape index (κ3) is 5.91. The van der Waals surface area contributed by atoms with Crippen molar-refractivity contribution in [3.8, 4) is 0 Å². The number of halogens is 10. The first-order valence-electron chi connectivity index (χ1n) is 9.62. The molecule has 4 aromatic carbocycles. The second-order valence-electron chi connectivity index (χ2n) is 6.76. The molecule has 0 fully saturated rings. The number of benzene rings is 4. The zero-order valence-corrected chi connectivity index (χ0v) is 20.2. The molecular weight excluding hydrogens is 588 g/mol. The van der Waals surface area contributed by atoms with Gasteiger partial charge in [0.05, 0.1) is 0 Å². The van der Waals surface area contributed by atoms with Gasteiger partial charge in [-0.3, -0.25) is 0 Å². The third-order valence-electron chi connectivity index (χ3n) is 4.38. The molecule has 0 N–H and O–H groups in total. The molecular formula is C24H11F10PSe. The standard InChI is InChI=1S/C12F10Se.C12H11P/c13-1-3(15)7(19)11(8(20)4(1)16)23-12-9(21)5(17)2(14)6(18)10(12)22;1-3-7-11(8-4-1)13-12-9-5-2-6-10-12/h;1-10,13H. The normalized spacial score (nSPS) is 10.7. The monoisotopic (exact) mass is 600 g/mol. The van der Waals surface area contributed by atoms with Crippen LogP contribution in [0.15, 0.2) is 60.7 Å². The Morgan fingerprint density at radius 1 is 0.361 bits per heavy atom. The predicted molar refractivity (Wildman–Crippen MR) is 118 cm³/mol. The van der Waals surface area contributed by atoms with Gasteiger partial charge in [0.1, 0.15) is 0 Å². The van der Waals surface area contributed by atoms with Gasteiger partial charge in [-0.2, -0.15) is 0 Å². The van der Waals surface area contributed by atoms with Gasteiger partial charge in [0.15, 0.2) is 0 Å². The molecule has 0 aliphatic rings. The molecule has 0 heterocycles. The van der Waals surface area contributed by atoms with E-state index in [1.165, 1.54) is 10.6 Å². The minimum Gasteiger partial charge on any atom is -0.0622 e. The zero-order valence-electron chi connectivity index (χ0n) is 17.5. The van der Waals surface area contributed by atoms with Crippen LogP contribution in [0.3, 0.4) is 0 Å². The first-order valence-corrected chi connectivity index (χ1v) is 12.3. The molecule has 0 aliphatic heterocycles. The van der Waals surface area contributed by atoms with Gasteiger partial charge in [0.2, 0.25) is 0 Å². The summed E-state index contributed by atoms with van der Waals surface area (Å²) in [6.07, 6.45) is 0. The molecule has 0 radical (unpaired) electrons. The van der Waals surface area contributed by atoms with Gasteiger partial charge in [-0.15, -0.1) is 0 Å². The molecule has 12 heteroatoms. The summed E-state index contributed by atoms with van der Waals surface area (Å²) in [6.45, 7) is 0. The largest absolute Gasteiger partial charge is 0.0622 e. The van der Waals surface area contributed by atoms with Gasteiger partial charge >= 0.3 is 126 Å². The summed E-state index contributed by atoms with van der Waals surface area (Å²) in [4.78, 5) is 0. The maximum absolute atomic E-state index is 13.4. The molecule has 4 aromatic rings. The van der Waals surface area contributed by atoms with E-state index in [1.54, 1.807) is 0 Å². The Bertz CT molecular complexity index is 1220. The summed E-state index contributed by atoms with van der Waals surface area (Å²) >= 11 is -2.42. The molecule has 0 saturated carbocycles. The average molecular weight is 599 g/mol. The van der Waals surface area contributed by atoms with Gasteiger partial charge < -0.3 is 0 Å². The summed E-state index contributed by atoms with van der Waals surface area (Å²) in [6, 6.07) is 21.2. The molecule has 0 saturated heterocycles. The van der Waals surface area contributed by atoms with E-state index in [4.69, 9.17) is 0 Å².